The van der Waals surface area contributed by atoms with Crippen LogP contribution in [0, 0.1) is 0 Å². The molecular formula is C18H30N2O2. The van der Waals surface area contributed by atoms with Crippen LogP contribution in [0.2, 0.25) is 0 Å². The Morgan fingerprint density at radius 3 is 2.41 bits per heavy atom. The van der Waals surface area contributed by atoms with E-state index in [1.807, 2.05) is 13.8 Å². The molecule has 0 radical (unpaired) electrons. The number of likely N-dealkylation sites (tertiary alicyclic amines) is 1. The van der Waals surface area contributed by atoms with Crippen LogP contribution >= 0.6 is 0 Å². The maximum atomic E-state index is 6.07. The van der Waals surface area contributed by atoms with Crippen molar-refractivity contribution in [2.24, 2.45) is 5.73 Å². The Labute approximate surface area is 134 Å². The van der Waals surface area contributed by atoms with E-state index in [-0.39, 0.29) is 6.04 Å². The number of rotatable bonds is 7. The topological polar surface area (TPSA) is 47.7 Å². The summed E-state index contributed by atoms with van der Waals surface area (Å²) in [4.78, 5) is 2.49. The van der Waals surface area contributed by atoms with E-state index in [0.29, 0.717) is 25.8 Å². The van der Waals surface area contributed by atoms with E-state index in [4.69, 9.17) is 15.2 Å². The average molecular weight is 306 g/mol. The Kier molecular flexibility index (Phi) is 6.38. The molecule has 0 spiro atoms. The summed E-state index contributed by atoms with van der Waals surface area (Å²) in [5.41, 5.74) is 7.40. The summed E-state index contributed by atoms with van der Waals surface area (Å²) >= 11 is 0. The van der Waals surface area contributed by atoms with Crippen molar-refractivity contribution < 1.29 is 9.47 Å². The van der Waals surface area contributed by atoms with Gasteiger partial charge in [0.05, 0.1) is 0 Å². The summed E-state index contributed by atoms with van der Waals surface area (Å²) in [6.45, 7) is 9.22. The van der Waals surface area contributed by atoms with E-state index in [0.717, 1.165) is 19.4 Å². The molecule has 1 aliphatic rings. The number of piperidine rings is 1. The van der Waals surface area contributed by atoms with Gasteiger partial charge in [-0.3, -0.25) is 4.90 Å². The maximum Gasteiger partial charge on any atom is 0.170 e. The lowest BCUT2D eigenvalue weighted by Gasteiger charge is -2.47. The lowest BCUT2D eigenvalue weighted by molar-refractivity contribution is -0.262. The van der Waals surface area contributed by atoms with Crippen molar-refractivity contribution in [3.05, 3.63) is 35.9 Å². The van der Waals surface area contributed by atoms with E-state index in [2.05, 4.69) is 42.2 Å². The Morgan fingerprint density at radius 1 is 1.23 bits per heavy atom. The predicted molar refractivity (Wildman–Crippen MR) is 89.6 cm³/mol. The zero-order chi connectivity index (χ0) is 16.0. The van der Waals surface area contributed by atoms with Gasteiger partial charge in [-0.2, -0.15) is 0 Å². The standard InChI is InChI=1S/C18H30N2O2/c1-4-21-18(22-5-2)11-12-20(17(13-18)14-19)15(3)16-9-7-6-8-10-16/h6-10,15,17H,4-5,11-14,19H2,1-3H3. The molecule has 1 aromatic rings. The SMILES string of the molecule is CCOC1(OCC)CCN(C(C)c2ccccc2)C(CN)C1. The molecule has 22 heavy (non-hydrogen) atoms. The van der Waals surface area contributed by atoms with Crippen molar-refractivity contribution in [2.45, 2.75) is 51.5 Å². The number of benzene rings is 1. The molecule has 0 aliphatic carbocycles. The fourth-order valence-corrected chi connectivity index (χ4v) is 3.54. The Morgan fingerprint density at radius 2 is 1.86 bits per heavy atom. The van der Waals surface area contributed by atoms with E-state index < -0.39 is 5.79 Å². The Balaban J connectivity index is 2.12. The molecule has 4 nitrogen and oxygen atoms in total. The number of ether oxygens (including phenoxy) is 2. The van der Waals surface area contributed by atoms with Crippen LogP contribution in [0.25, 0.3) is 0 Å². The minimum atomic E-state index is -0.458. The van der Waals surface area contributed by atoms with E-state index >= 15 is 0 Å². The van der Waals surface area contributed by atoms with Gasteiger partial charge >= 0.3 is 0 Å². The van der Waals surface area contributed by atoms with Crippen molar-refractivity contribution in [3.8, 4) is 0 Å². The Hall–Kier alpha value is -0.940. The molecular weight excluding hydrogens is 276 g/mol. The smallest absolute Gasteiger partial charge is 0.170 e. The molecule has 2 unspecified atom stereocenters. The summed E-state index contributed by atoms with van der Waals surface area (Å²) in [6, 6.07) is 11.3. The lowest BCUT2D eigenvalue weighted by Crippen LogP contribution is -2.55. The molecule has 1 aliphatic heterocycles. The maximum absolute atomic E-state index is 6.07. The summed E-state index contributed by atoms with van der Waals surface area (Å²) in [6.07, 6.45) is 1.73. The fraction of sp³-hybridized carbons (Fsp3) is 0.667. The number of hydrogen-bond acceptors (Lipinski definition) is 4. The molecule has 0 aromatic heterocycles. The first-order valence-corrected chi connectivity index (χ1v) is 8.44. The van der Waals surface area contributed by atoms with Crippen LogP contribution in [0.4, 0.5) is 0 Å². The lowest BCUT2D eigenvalue weighted by atomic mass is 9.92. The monoisotopic (exact) mass is 306 g/mol. The van der Waals surface area contributed by atoms with Gasteiger partial charge in [0.2, 0.25) is 0 Å². The summed E-state index contributed by atoms with van der Waals surface area (Å²) in [7, 11) is 0. The van der Waals surface area contributed by atoms with Gasteiger partial charge in [0.15, 0.2) is 5.79 Å². The van der Waals surface area contributed by atoms with Crippen LogP contribution in [-0.2, 0) is 9.47 Å². The number of nitrogens with zero attached hydrogens (tertiary/aromatic N) is 1. The summed E-state index contributed by atoms with van der Waals surface area (Å²) in [5.74, 6) is -0.458. The van der Waals surface area contributed by atoms with Crippen molar-refractivity contribution in [3.63, 3.8) is 0 Å². The van der Waals surface area contributed by atoms with Gasteiger partial charge < -0.3 is 15.2 Å². The fourth-order valence-electron chi connectivity index (χ4n) is 3.54. The molecule has 124 valence electrons. The molecule has 0 amide bonds. The molecule has 0 bridgehead atoms. The molecule has 1 fully saturated rings. The van der Waals surface area contributed by atoms with E-state index in [1.54, 1.807) is 0 Å². The van der Waals surface area contributed by atoms with Crippen molar-refractivity contribution in [2.75, 3.05) is 26.3 Å². The number of nitrogens with two attached hydrogens (primary N) is 1. The number of hydrogen-bond donors (Lipinski definition) is 1. The second kappa shape index (κ2) is 8.06. The highest BCUT2D eigenvalue weighted by atomic mass is 16.7. The van der Waals surface area contributed by atoms with E-state index in [1.165, 1.54) is 5.56 Å². The molecule has 2 rings (SSSR count). The van der Waals surface area contributed by atoms with Crippen LogP contribution in [-0.4, -0.2) is 43.0 Å². The average Bonchev–Trinajstić information content (AvgIpc) is 2.55. The first kappa shape index (κ1) is 17.4. The minimum Gasteiger partial charge on any atom is -0.350 e. The van der Waals surface area contributed by atoms with Gasteiger partial charge in [0, 0.05) is 51.2 Å². The van der Waals surface area contributed by atoms with Crippen LogP contribution in [0.3, 0.4) is 0 Å². The normalized spacial score (nSPS) is 23.4. The van der Waals surface area contributed by atoms with Gasteiger partial charge in [0.1, 0.15) is 0 Å². The second-order valence-electron chi connectivity index (χ2n) is 5.94. The van der Waals surface area contributed by atoms with Crippen LogP contribution in [0.15, 0.2) is 30.3 Å². The largest absolute Gasteiger partial charge is 0.350 e. The summed E-state index contributed by atoms with van der Waals surface area (Å²) < 4.78 is 11.9. The van der Waals surface area contributed by atoms with Gasteiger partial charge in [-0.25, -0.2) is 0 Å². The van der Waals surface area contributed by atoms with Crippen molar-refractivity contribution in [1.82, 2.24) is 4.90 Å². The third kappa shape index (κ3) is 3.87. The van der Waals surface area contributed by atoms with E-state index in [9.17, 15) is 0 Å². The molecule has 2 N–H and O–H groups in total. The van der Waals surface area contributed by atoms with Crippen molar-refractivity contribution >= 4 is 0 Å². The van der Waals surface area contributed by atoms with Gasteiger partial charge in [0.25, 0.3) is 0 Å². The van der Waals surface area contributed by atoms with Gasteiger partial charge in [-0.05, 0) is 26.3 Å². The highest BCUT2D eigenvalue weighted by molar-refractivity contribution is 5.19. The van der Waals surface area contributed by atoms with Crippen LogP contribution in [0.1, 0.15) is 45.2 Å². The Bertz CT molecular complexity index is 432. The zero-order valence-electron chi connectivity index (χ0n) is 14.1. The zero-order valence-corrected chi connectivity index (χ0v) is 14.1. The summed E-state index contributed by atoms with van der Waals surface area (Å²) in [5, 5.41) is 0. The quantitative estimate of drug-likeness (QED) is 0.787. The van der Waals surface area contributed by atoms with Gasteiger partial charge in [-0.15, -0.1) is 0 Å². The molecule has 0 saturated carbocycles. The highest BCUT2D eigenvalue weighted by Gasteiger charge is 2.42. The second-order valence-corrected chi connectivity index (χ2v) is 5.94. The third-order valence-electron chi connectivity index (χ3n) is 4.63. The van der Waals surface area contributed by atoms with Crippen LogP contribution in [0.5, 0.6) is 0 Å². The first-order valence-electron chi connectivity index (χ1n) is 8.44. The highest BCUT2D eigenvalue weighted by Crippen LogP contribution is 2.35. The molecule has 1 heterocycles. The molecule has 1 saturated heterocycles. The van der Waals surface area contributed by atoms with Crippen LogP contribution < -0.4 is 5.73 Å². The molecule has 1 aromatic carbocycles. The minimum absolute atomic E-state index is 0.280. The van der Waals surface area contributed by atoms with Crippen molar-refractivity contribution in [1.29, 1.82) is 0 Å². The first-order chi connectivity index (χ1) is 10.7. The third-order valence-corrected chi connectivity index (χ3v) is 4.63. The molecule has 4 heteroatoms. The molecule has 2 atom stereocenters. The van der Waals surface area contributed by atoms with Gasteiger partial charge in [-0.1, -0.05) is 30.3 Å². The predicted octanol–water partition coefficient (Wildman–Crippen LogP) is 2.94.